The number of carbonyl (C=O) groups excluding carboxylic acids is 2. The Labute approximate surface area is 183 Å². The fourth-order valence-corrected chi connectivity index (χ4v) is 4.73. The predicted octanol–water partition coefficient (Wildman–Crippen LogP) is 4.70. The van der Waals surface area contributed by atoms with E-state index in [9.17, 15) is 9.59 Å². The maximum atomic E-state index is 12.6. The summed E-state index contributed by atoms with van der Waals surface area (Å²) in [6.07, 6.45) is 1.79. The molecule has 0 fully saturated rings. The minimum Gasteiger partial charge on any atom is -0.462 e. The van der Waals surface area contributed by atoms with Gasteiger partial charge in [0.15, 0.2) is 0 Å². The summed E-state index contributed by atoms with van der Waals surface area (Å²) < 4.78 is 5.22. The Bertz CT molecular complexity index is 1010. The maximum absolute atomic E-state index is 12.6. The van der Waals surface area contributed by atoms with Crippen LogP contribution in [-0.4, -0.2) is 39.4 Å². The first kappa shape index (κ1) is 22.0. The van der Waals surface area contributed by atoms with E-state index in [4.69, 9.17) is 4.74 Å². The van der Waals surface area contributed by atoms with Crippen molar-refractivity contribution in [2.24, 2.45) is 0 Å². The molecule has 0 saturated carbocycles. The Morgan fingerprint density at radius 2 is 2.00 bits per heavy atom. The molecule has 0 aliphatic carbocycles. The molecule has 7 nitrogen and oxygen atoms in total. The third kappa shape index (κ3) is 5.28. The lowest BCUT2D eigenvalue weighted by atomic mass is 10.1. The first-order chi connectivity index (χ1) is 14.5. The molecule has 0 aliphatic heterocycles. The Balaban J connectivity index is 1.77. The lowest BCUT2D eigenvalue weighted by Crippen LogP contribution is -2.16. The van der Waals surface area contributed by atoms with E-state index < -0.39 is 5.97 Å². The zero-order valence-electron chi connectivity index (χ0n) is 17.2. The van der Waals surface area contributed by atoms with Crippen LogP contribution in [0.1, 0.15) is 42.0 Å². The highest BCUT2D eigenvalue weighted by molar-refractivity contribution is 7.99. The van der Waals surface area contributed by atoms with E-state index in [2.05, 4.69) is 27.4 Å². The van der Waals surface area contributed by atoms with Crippen molar-refractivity contribution in [3.63, 3.8) is 0 Å². The third-order valence-electron chi connectivity index (χ3n) is 4.25. The normalized spacial score (nSPS) is 10.8. The number of rotatable bonds is 9. The number of anilines is 1. The van der Waals surface area contributed by atoms with Gasteiger partial charge in [0, 0.05) is 11.3 Å². The standard InChI is InChI=1S/C21H24N4O3S2/c1-4-9-15-22-21(25-24-15)29-12-16(26)23-19-17(20(27)28-5-2)13(3)18(30-19)14-10-7-6-8-11-14/h6-8,10-11H,4-5,9,12H2,1-3H3,(H,23,26)(H,22,24,25). The van der Waals surface area contributed by atoms with Crippen molar-refractivity contribution in [3.8, 4) is 10.4 Å². The number of esters is 1. The molecule has 3 rings (SSSR count). The molecular formula is C21H24N4O3S2. The van der Waals surface area contributed by atoms with E-state index >= 15 is 0 Å². The fraction of sp³-hybridized carbons (Fsp3) is 0.333. The summed E-state index contributed by atoms with van der Waals surface area (Å²) in [5.41, 5.74) is 2.19. The average Bonchev–Trinajstić information content (AvgIpc) is 3.31. The van der Waals surface area contributed by atoms with Crippen molar-refractivity contribution >= 4 is 40.0 Å². The molecule has 1 aromatic carbocycles. The van der Waals surface area contributed by atoms with Crippen molar-refractivity contribution in [2.75, 3.05) is 17.7 Å². The van der Waals surface area contributed by atoms with Crippen LogP contribution in [-0.2, 0) is 16.0 Å². The molecule has 1 amide bonds. The number of benzene rings is 1. The summed E-state index contributed by atoms with van der Waals surface area (Å²) in [6.45, 7) is 5.97. The second-order valence-electron chi connectivity index (χ2n) is 6.50. The second-order valence-corrected chi connectivity index (χ2v) is 8.46. The summed E-state index contributed by atoms with van der Waals surface area (Å²) in [4.78, 5) is 30.4. The van der Waals surface area contributed by atoms with Crippen LogP contribution in [0.4, 0.5) is 5.00 Å². The highest BCUT2D eigenvalue weighted by Gasteiger charge is 2.24. The Morgan fingerprint density at radius 1 is 1.23 bits per heavy atom. The molecule has 0 radical (unpaired) electrons. The summed E-state index contributed by atoms with van der Waals surface area (Å²) in [6, 6.07) is 9.78. The van der Waals surface area contributed by atoms with Gasteiger partial charge in [-0.15, -0.1) is 16.4 Å². The van der Waals surface area contributed by atoms with Gasteiger partial charge in [0.2, 0.25) is 11.1 Å². The van der Waals surface area contributed by atoms with E-state index in [0.29, 0.717) is 15.7 Å². The number of hydrogen-bond donors (Lipinski definition) is 2. The van der Waals surface area contributed by atoms with Gasteiger partial charge >= 0.3 is 5.97 Å². The van der Waals surface area contributed by atoms with Gasteiger partial charge in [-0.05, 0) is 31.4 Å². The number of thiophene rings is 1. The molecule has 0 aliphatic rings. The molecular weight excluding hydrogens is 420 g/mol. The molecule has 2 heterocycles. The third-order valence-corrected chi connectivity index (χ3v) is 6.35. The van der Waals surface area contributed by atoms with E-state index in [0.717, 1.165) is 34.7 Å². The van der Waals surface area contributed by atoms with Gasteiger partial charge in [0.25, 0.3) is 0 Å². The summed E-state index contributed by atoms with van der Waals surface area (Å²) in [5, 5.41) is 10.9. The van der Waals surface area contributed by atoms with E-state index in [1.165, 1.54) is 23.1 Å². The monoisotopic (exact) mass is 444 g/mol. The topological polar surface area (TPSA) is 97.0 Å². The number of amides is 1. The van der Waals surface area contributed by atoms with Gasteiger partial charge in [0.05, 0.1) is 17.9 Å². The minimum absolute atomic E-state index is 0.142. The van der Waals surface area contributed by atoms with Gasteiger partial charge in [-0.2, -0.15) is 0 Å². The SMILES string of the molecule is CCCc1nc(SCC(=O)Nc2sc(-c3ccccc3)c(C)c2C(=O)OCC)n[nH]1. The van der Waals surface area contributed by atoms with Gasteiger partial charge in [0.1, 0.15) is 10.8 Å². The molecule has 0 unspecified atom stereocenters. The van der Waals surface area contributed by atoms with E-state index in [-0.39, 0.29) is 18.3 Å². The van der Waals surface area contributed by atoms with Crippen LogP contribution >= 0.6 is 23.1 Å². The number of thioether (sulfide) groups is 1. The Kier molecular flexibility index (Phi) is 7.64. The molecule has 2 N–H and O–H groups in total. The first-order valence-electron chi connectivity index (χ1n) is 9.73. The molecule has 158 valence electrons. The zero-order chi connectivity index (χ0) is 21.5. The highest BCUT2D eigenvalue weighted by Crippen LogP contribution is 2.40. The van der Waals surface area contributed by atoms with Crippen molar-refractivity contribution in [1.82, 2.24) is 15.2 Å². The Hall–Kier alpha value is -2.65. The van der Waals surface area contributed by atoms with Crippen molar-refractivity contribution in [2.45, 2.75) is 38.8 Å². The molecule has 3 aromatic rings. The second kappa shape index (κ2) is 10.4. The van der Waals surface area contributed by atoms with Crippen LogP contribution < -0.4 is 5.32 Å². The van der Waals surface area contributed by atoms with Crippen molar-refractivity contribution < 1.29 is 14.3 Å². The van der Waals surface area contributed by atoms with E-state index in [1.54, 1.807) is 6.92 Å². The summed E-state index contributed by atoms with van der Waals surface area (Å²) in [5.74, 6) is 0.290. The number of aromatic amines is 1. The van der Waals surface area contributed by atoms with Crippen LogP contribution in [0.5, 0.6) is 0 Å². The van der Waals surface area contributed by atoms with E-state index in [1.807, 2.05) is 37.3 Å². The Morgan fingerprint density at radius 3 is 2.70 bits per heavy atom. The number of aryl methyl sites for hydroxylation is 1. The molecule has 2 aromatic heterocycles. The zero-order valence-corrected chi connectivity index (χ0v) is 18.8. The number of carbonyl (C=O) groups is 2. The van der Waals surface area contributed by atoms with Crippen LogP contribution in [0, 0.1) is 6.92 Å². The van der Waals surface area contributed by atoms with Gasteiger partial charge in [-0.1, -0.05) is 49.0 Å². The van der Waals surface area contributed by atoms with Gasteiger partial charge < -0.3 is 10.1 Å². The highest BCUT2D eigenvalue weighted by atomic mass is 32.2. The predicted molar refractivity (Wildman–Crippen MR) is 120 cm³/mol. The first-order valence-corrected chi connectivity index (χ1v) is 11.5. The van der Waals surface area contributed by atoms with Crippen LogP contribution in [0.3, 0.4) is 0 Å². The molecule has 0 bridgehead atoms. The quantitative estimate of drug-likeness (QED) is 0.367. The van der Waals surface area contributed by atoms with Crippen LogP contribution in [0.2, 0.25) is 0 Å². The number of nitrogens with one attached hydrogen (secondary N) is 2. The number of nitrogens with zero attached hydrogens (tertiary/aromatic N) is 2. The molecule has 0 atom stereocenters. The number of aromatic nitrogens is 3. The number of ether oxygens (including phenoxy) is 1. The number of H-pyrrole nitrogens is 1. The van der Waals surface area contributed by atoms with Gasteiger partial charge in [-0.25, -0.2) is 9.78 Å². The molecule has 9 heteroatoms. The van der Waals surface area contributed by atoms with Crippen molar-refractivity contribution in [3.05, 3.63) is 47.3 Å². The van der Waals surface area contributed by atoms with Crippen LogP contribution in [0.15, 0.2) is 35.5 Å². The lowest BCUT2D eigenvalue weighted by molar-refractivity contribution is -0.113. The van der Waals surface area contributed by atoms with Gasteiger partial charge in [-0.3, -0.25) is 9.89 Å². The summed E-state index contributed by atoms with van der Waals surface area (Å²) >= 11 is 2.62. The average molecular weight is 445 g/mol. The summed E-state index contributed by atoms with van der Waals surface area (Å²) in [7, 11) is 0. The molecule has 0 spiro atoms. The van der Waals surface area contributed by atoms with Crippen LogP contribution in [0.25, 0.3) is 10.4 Å². The lowest BCUT2D eigenvalue weighted by Gasteiger charge is -2.06. The largest absolute Gasteiger partial charge is 0.462 e. The number of hydrogen-bond acceptors (Lipinski definition) is 7. The maximum Gasteiger partial charge on any atom is 0.341 e. The smallest absolute Gasteiger partial charge is 0.341 e. The minimum atomic E-state index is -0.436. The molecule has 30 heavy (non-hydrogen) atoms. The fourth-order valence-electron chi connectivity index (χ4n) is 2.90. The molecule has 0 saturated heterocycles. The van der Waals surface area contributed by atoms with Crippen molar-refractivity contribution in [1.29, 1.82) is 0 Å².